The first kappa shape index (κ1) is 23.4. The summed E-state index contributed by atoms with van der Waals surface area (Å²) in [5.74, 6) is -0.896. The van der Waals surface area contributed by atoms with Crippen LogP contribution in [0.1, 0.15) is 65.7 Å². The average molecular weight is 326 g/mol. The van der Waals surface area contributed by atoms with Gasteiger partial charge in [-0.3, -0.25) is 4.90 Å². The molecule has 130 valence electrons. The van der Waals surface area contributed by atoms with Gasteiger partial charge in [-0.15, -0.1) is 12.4 Å². The van der Waals surface area contributed by atoms with E-state index in [9.17, 15) is 10.2 Å². The lowest BCUT2D eigenvalue weighted by molar-refractivity contribution is -0.242. The molecule has 5 heteroatoms. The topological polar surface area (TPSA) is 52.9 Å². The molecule has 0 aliphatic heterocycles. The second-order valence-corrected chi connectivity index (χ2v) is 6.31. The highest BCUT2D eigenvalue weighted by Crippen LogP contribution is 2.10. The number of aliphatic hydroxyl groups is 2. The van der Waals surface area contributed by atoms with Gasteiger partial charge >= 0.3 is 0 Å². The molecule has 0 aromatic rings. The van der Waals surface area contributed by atoms with Gasteiger partial charge in [-0.1, -0.05) is 46.0 Å². The predicted octanol–water partition coefficient (Wildman–Crippen LogP) is 3.40. The molecule has 0 radical (unpaired) electrons. The third-order valence-electron chi connectivity index (χ3n) is 3.58. The standard InChI is InChI=1S/C16H35NO3.ClH/c1-15(2)11-8-6-5-7-9-13-20-14-10-12-17(4)16(3,18)19;/h15,18-19H,5-14H2,1-4H3;1H. The van der Waals surface area contributed by atoms with Gasteiger partial charge in [-0.25, -0.2) is 0 Å². The Kier molecular flexibility index (Phi) is 15.3. The van der Waals surface area contributed by atoms with E-state index in [1.807, 2.05) is 0 Å². The molecular formula is C16H36ClNO3. The number of ether oxygens (including phenoxy) is 1. The summed E-state index contributed by atoms with van der Waals surface area (Å²) in [4.78, 5) is 1.51. The molecule has 0 amide bonds. The van der Waals surface area contributed by atoms with E-state index < -0.39 is 5.91 Å². The van der Waals surface area contributed by atoms with Gasteiger partial charge in [0, 0.05) is 26.7 Å². The molecule has 0 saturated carbocycles. The van der Waals surface area contributed by atoms with E-state index in [1.165, 1.54) is 43.9 Å². The third kappa shape index (κ3) is 16.3. The van der Waals surface area contributed by atoms with Crippen molar-refractivity contribution in [2.75, 3.05) is 26.8 Å². The molecule has 0 atom stereocenters. The molecule has 21 heavy (non-hydrogen) atoms. The Balaban J connectivity index is 0. The fraction of sp³-hybridized carbons (Fsp3) is 1.00. The Bertz CT molecular complexity index is 220. The maximum atomic E-state index is 9.30. The van der Waals surface area contributed by atoms with Crippen LogP contribution in [0.15, 0.2) is 0 Å². The highest BCUT2D eigenvalue weighted by molar-refractivity contribution is 5.85. The van der Waals surface area contributed by atoms with Gasteiger partial charge in [0.2, 0.25) is 5.91 Å². The van der Waals surface area contributed by atoms with E-state index in [4.69, 9.17) is 4.74 Å². The van der Waals surface area contributed by atoms with E-state index in [0.717, 1.165) is 25.4 Å². The first-order valence-corrected chi connectivity index (χ1v) is 8.07. The molecule has 0 aliphatic carbocycles. The molecule has 0 fully saturated rings. The molecule has 2 N–H and O–H groups in total. The van der Waals surface area contributed by atoms with Crippen molar-refractivity contribution in [1.82, 2.24) is 4.90 Å². The summed E-state index contributed by atoms with van der Waals surface area (Å²) < 4.78 is 5.55. The summed E-state index contributed by atoms with van der Waals surface area (Å²) >= 11 is 0. The van der Waals surface area contributed by atoms with Crippen LogP contribution in [0.2, 0.25) is 0 Å². The lowest BCUT2D eigenvalue weighted by Crippen LogP contribution is -2.44. The van der Waals surface area contributed by atoms with Crippen molar-refractivity contribution < 1.29 is 14.9 Å². The smallest absolute Gasteiger partial charge is 0.221 e. The SMILES string of the molecule is CC(C)CCCCCCCOCCCN(C)C(C)(O)O.Cl. The van der Waals surface area contributed by atoms with Crippen molar-refractivity contribution in [2.45, 2.75) is 71.6 Å². The fourth-order valence-electron chi connectivity index (χ4n) is 2.00. The summed E-state index contributed by atoms with van der Waals surface area (Å²) in [6.07, 6.45) is 8.56. The zero-order valence-electron chi connectivity index (χ0n) is 14.3. The molecule has 0 heterocycles. The second kappa shape index (κ2) is 13.8. The van der Waals surface area contributed by atoms with E-state index >= 15 is 0 Å². The van der Waals surface area contributed by atoms with E-state index in [-0.39, 0.29) is 12.4 Å². The number of hydrogen-bond acceptors (Lipinski definition) is 4. The lowest BCUT2D eigenvalue weighted by atomic mass is 10.0. The van der Waals surface area contributed by atoms with Gasteiger partial charge in [-0.05, 0) is 25.8 Å². The van der Waals surface area contributed by atoms with Crippen LogP contribution in [0.5, 0.6) is 0 Å². The summed E-state index contributed by atoms with van der Waals surface area (Å²) in [5.41, 5.74) is 0. The van der Waals surface area contributed by atoms with Crippen LogP contribution < -0.4 is 0 Å². The van der Waals surface area contributed by atoms with E-state index in [0.29, 0.717) is 13.2 Å². The summed E-state index contributed by atoms with van der Waals surface area (Å²) in [6, 6.07) is 0. The summed E-state index contributed by atoms with van der Waals surface area (Å²) in [7, 11) is 1.69. The van der Waals surface area contributed by atoms with Crippen LogP contribution in [-0.2, 0) is 4.74 Å². The summed E-state index contributed by atoms with van der Waals surface area (Å²) in [5, 5.41) is 18.6. The Hall–Kier alpha value is 0.130. The van der Waals surface area contributed by atoms with E-state index in [1.54, 1.807) is 7.05 Å². The first-order valence-electron chi connectivity index (χ1n) is 8.07. The molecule has 0 aromatic carbocycles. The zero-order valence-corrected chi connectivity index (χ0v) is 15.1. The van der Waals surface area contributed by atoms with Crippen molar-refractivity contribution in [3.05, 3.63) is 0 Å². The maximum absolute atomic E-state index is 9.30. The summed E-state index contributed by atoms with van der Waals surface area (Å²) in [6.45, 7) is 8.06. The second-order valence-electron chi connectivity index (χ2n) is 6.31. The molecular weight excluding hydrogens is 290 g/mol. The minimum atomic E-state index is -1.73. The van der Waals surface area contributed by atoms with Gasteiger partial charge in [0.25, 0.3) is 0 Å². The number of nitrogens with zero attached hydrogens (tertiary/aromatic N) is 1. The monoisotopic (exact) mass is 325 g/mol. The zero-order chi connectivity index (χ0) is 15.4. The van der Waals surface area contributed by atoms with Crippen LogP contribution in [0, 0.1) is 5.92 Å². The Morgan fingerprint density at radius 3 is 2.05 bits per heavy atom. The number of hydrogen-bond donors (Lipinski definition) is 2. The largest absolute Gasteiger partial charge is 0.381 e. The minimum absolute atomic E-state index is 0. The molecule has 0 rings (SSSR count). The Labute approximate surface area is 137 Å². The minimum Gasteiger partial charge on any atom is -0.381 e. The van der Waals surface area contributed by atoms with Gasteiger partial charge in [0.15, 0.2) is 0 Å². The quantitative estimate of drug-likeness (QED) is 0.402. The van der Waals surface area contributed by atoms with Crippen LogP contribution >= 0.6 is 12.4 Å². The number of unbranched alkanes of at least 4 members (excludes halogenated alkanes) is 4. The predicted molar refractivity (Wildman–Crippen MR) is 90.7 cm³/mol. The van der Waals surface area contributed by atoms with Gasteiger partial charge in [0.1, 0.15) is 0 Å². The lowest BCUT2D eigenvalue weighted by Gasteiger charge is -2.28. The Morgan fingerprint density at radius 2 is 1.48 bits per heavy atom. The normalized spacial score (nSPS) is 12.0. The van der Waals surface area contributed by atoms with Crippen LogP contribution in [0.4, 0.5) is 0 Å². The molecule has 0 aromatic heterocycles. The van der Waals surface area contributed by atoms with Crippen LogP contribution in [0.25, 0.3) is 0 Å². The molecule has 0 spiro atoms. The first-order chi connectivity index (χ1) is 9.34. The number of halogens is 1. The Morgan fingerprint density at radius 1 is 0.952 bits per heavy atom. The van der Waals surface area contributed by atoms with Crippen molar-refractivity contribution in [1.29, 1.82) is 0 Å². The van der Waals surface area contributed by atoms with Crippen LogP contribution in [0.3, 0.4) is 0 Å². The molecule has 0 aliphatic rings. The van der Waals surface area contributed by atoms with Gasteiger partial charge in [0.05, 0.1) is 0 Å². The van der Waals surface area contributed by atoms with Crippen molar-refractivity contribution in [2.24, 2.45) is 5.92 Å². The van der Waals surface area contributed by atoms with Gasteiger partial charge in [-0.2, -0.15) is 0 Å². The maximum Gasteiger partial charge on any atom is 0.221 e. The average Bonchev–Trinajstić information content (AvgIpc) is 2.34. The van der Waals surface area contributed by atoms with Gasteiger partial charge < -0.3 is 14.9 Å². The molecule has 0 unspecified atom stereocenters. The van der Waals surface area contributed by atoms with E-state index in [2.05, 4.69) is 13.8 Å². The van der Waals surface area contributed by atoms with Crippen molar-refractivity contribution >= 4 is 12.4 Å². The highest BCUT2D eigenvalue weighted by atomic mass is 35.5. The van der Waals surface area contributed by atoms with Crippen LogP contribution in [-0.4, -0.2) is 47.8 Å². The number of rotatable bonds is 13. The molecule has 4 nitrogen and oxygen atoms in total. The van der Waals surface area contributed by atoms with Crippen molar-refractivity contribution in [3.8, 4) is 0 Å². The fourth-order valence-corrected chi connectivity index (χ4v) is 2.00. The van der Waals surface area contributed by atoms with Crippen molar-refractivity contribution in [3.63, 3.8) is 0 Å². The third-order valence-corrected chi connectivity index (χ3v) is 3.58. The molecule has 0 bridgehead atoms. The highest BCUT2D eigenvalue weighted by Gasteiger charge is 2.20. The molecule has 0 saturated heterocycles.